The summed E-state index contributed by atoms with van der Waals surface area (Å²) in [6.07, 6.45) is 5.38. The van der Waals surface area contributed by atoms with Crippen molar-refractivity contribution in [2.75, 3.05) is 6.61 Å². The number of halogens is 3. The van der Waals surface area contributed by atoms with Gasteiger partial charge in [0.05, 0.1) is 5.02 Å². The zero-order valence-corrected chi connectivity index (χ0v) is 20.2. The molecule has 5 nitrogen and oxygen atoms in total. The summed E-state index contributed by atoms with van der Waals surface area (Å²) in [4.78, 5) is 27.6. The van der Waals surface area contributed by atoms with Crippen LogP contribution in [0.3, 0.4) is 0 Å². The average molecular weight is 498 g/mol. The van der Waals surface area contributed by atoms with Crippen LogP contribution in [0.2, 0.25) is 15.1 Å². The van der Waals surface area contributed by atoms with Crippen LogP contribution in [0.4, 0.5) is 0 Å². The van der Waals surface area contributed by atoms with Crippen molar-refractivity contribution >= 4 is 46.6 Å². The lowest BCUT2D eigenvalue weighted by molar-refractivity contribution is -0.142. The molecular formula is C24H27Cl3N2O3. The van der Waals surface area contributed by atoms with E-state index in [0.717, 1.165) is 31.2 Å². The molecule has 0 spiro atoms. The summed E-state index contributed by atoms with van der Waals surface area (Å²) >= 11 is 18.1. The second-order valence-corrected chi connectivity index (χ2v) is 9.31. The Bertz CT molecular complexity index is 931. The number of carbonyl (C=O) groups excluding carboxylic acids is 2. The minimum atomic E-state index is -0.663. The van der Waals surface area contributed by atoms with Gasteiger partial charge in [-0.3, -0.25) is 9.59 Å². The Kier molecular flexibility index (Phi) is 9.09. The van der Waals surface area contributed by atoms with Crippen LogP contribution in [0.25, 0.3) is 0 Å². The van der Waals surface area contributed by atoms with Crippen molar-refractivity contribution in [3.05, 3.63) is 63.1 Å². The van der Waals surface area contributed by atoms with Gasteiger partial charge in [0.2, 0.25) is 5.91 Å². The molecule has 0 aromatic heterocycles. The van der Waals surface area contributed by atoms with Gasteiger partial charge in [0.15, 0.2) is 6.61 Å². The summed E-state index contributed by atoms with van der Waals surface area (Å²) in [5.41, 5.74) is 0.865. The zero-order valence-electron chi connectivity index (χ0n) is 18.0. The monoisotopic (exact) mass is 496 g/mol. The molecule has 2 aromatic carbocycles. The number of carbonyl (C=O) groups is 2. The zero-order chi connectivity index (χ0) is 23.1. The molecule has 172 valence electrons. The first kappa shape index (κ1) is 24.7. The first-order valence-corrected chi connectivity index (χ1v) is 11.9. The molecule has 1 aliphatic carbocycles. The largest absolute Gasteiger partial charge is 0.482 e. The lowest BCUT2D eigenvalue weighted by Gasteiger charge is -2.31. The minimum Gasteiger partial charge on any atom is -0.482 e. The van der Waals surface area contributed by atoms with E-state index >= 15 is 0 Å². The fraction of sp³-hybridized carbons (Fsp3) is 0.417. The van der Waals surface area contributed by atoms with Crippen molar-refractivity contribution in [3.8, 4) is 5.75 Å². The fourth-order valence-electron chi connectivity index (χ4n) is 3.75. The van der Waals surface area contributed by atoms with Crippen LogP contribution in [0.1, 0.15) is 44.6 Å². The highest BCUT2D eigenvalue weighted by Crippen LogP contribution is 2.27. The number of ether oxygens (including phenoxy) is 1. The first-order chi connectivity index (χ1) is 15.3. The second-order valence-electron chi connectivity index (χ2n) is 8.03. The molecule has 0 heterocycles. The van der Waals surface area contributed by atoms with Crippen molar-refractivity contribution in [2.45, 2.75) is 57.7 Å². The topological polar surface area (TPSA) is 58.6 Å². The Morgan fingerprint density at radius 3 is 2.34 bits per heavy atom. The highest BCUT2D eigenvalue weighted by Gasteiger charge is 2.28. The van der Waals surface area contributed by atoms with E-state index in [1.807, 2.05) is 12.1 Å². The molecule has 0 bridgehead atoms. The maximum Gasteiger partial charge on any atom is 0.261 e. The second kappa shape index (κ2) is 11.8. The van der Waals surface area contributed by atoms with E-state index in [2.05, 4.69) is 5.32 Å². The SMILES string of the molecule is CC(C(=O)NC1CCCCC1)N(Cc1ccc(Cl)cc1)C(=O)COc1ccc(Cl)cc1Cl. The van der Waals surface area contributed by atoms with Crippen LogP contribution >= 0.6 is 34.8 Å². The number of nitrogens with zero attached hydrogens (tertiary/aromatic N) is 1. The van der Waals surface area contributed by atoms with Crippen molar-refractivity contribution in [3.63, 3.8) is 0 Å². The van der Waals surface area contributed by atoms with Crippen LogP contribution in [-0.4, -0.2) is 35.4 Å². The van der Waals surface area contributed by atoms with Gasteiger partial charge >= 0.3 is 0 Å². The van der Waals surface area contributed by atoms with Gasteiger partial charge in [-0.1, -0.05) is 66.2 Å². The normalized spacial score (nSPS) is 15.1. The number of amides is 2. The molecule has 1 atom stereocenters. The van der Waals surface area contributed by atoms with E-state index in [4.69, 9.17) is 39.5 Å². The van der Waals surface area contributed by atoms with Crippen molar-refractivity contribution < 1.29 is 14.3 Å². The maximum absolute atomic E-state index is 13.1. The first-order valence-electron chi connectivity index (χ1n) is 10.8. The molecule has 2 aromatic rings. The van der Waals surface area contributed by atoms with E-state index in [1.165, 1.54) is 11.3 Å². The summed E-state index contributed by atoms with van der Waals surface area (Å²) in [7, 11) is 0. The van der Waals surface area contributed by atoms with Crippen molar-refractivity contribution in [1.82, 2.24) is 10.2 Å². The molecule has 0 saturated heterocycles. The van der Waals surface area contributed by atoms with Gasteiger partial charge in [0, 0.05) is 22.6 Å². The predicted molar refractivity (Wildman–Crippen MR) is 128 cm³/mol. The van der Waals surface area contributed by atoms with Gasteiger partial charge in [-0.25, -0.2) is 0 Å². The van der Waals surface area contributed by atoms with Gasteiger partial charge < -0.3 is 15.0 Å². The number of nitrogens with one attached hydrogen (secondary N) is 1. The standard InChI is InChI=1S/C24H27Cl3N2O3/c1-16(24(31)28-20-5-3-2-4-6-20)29(14-17-7-9-18(25)10-8-17)23(30)15-32-22-12-11-19(26)13-21(22)27/h7-13,16,20H,2-6,14-15H2,1H3,(H,28,31). The highest BCUT2D eigenvalue weighted by molar-refractivity contribution is 6.35. The molecule has 0 radical (unpaired) electrons. The fourth-order valence-corrected chi connectivity index (χ4v) is 4.34. The van der Waals surface area contributed by atoms with Gasteiger partial charge in [-0.05, 0) is 55.7 Å². The van der Waals surface area contributed by atoms with Crippen LogP contribution in [0.15, 0.2) is 42.5 Å². The Hall–Kier alpha value is -1.95. The molecule has 1 fully saturated rings. The summed E-state index contributed by atoms with van der Waals surface area (Å²) in [6.45, 7) is 1.74. The summed E-state index contributed by atoms with van der Waals surface area (Å²) in [5.74, 6) is -0.129. The number of hydrogen-bond acceptors (Lipinski definition) is 3. The van der Waals surface area contributed by atoms with Crippen molar-refractivity contribution in [2.24, 2.45) is 0 Å². The van der Waals surface area contributed by atoms with Crippen LogP contribution in [0.5, 0.6) is 5.75 Å². The molecule has 32 heavy (non-hydrogen) atoms. The minimum absolute atomic E-state index is 0.162. The van der Waals surface area contributed by atoms with Crippen LogP contribution < -0.4 is 10.1 Å². The Morgan fingerprint density at radius 2 is 1.69 bits per heavy atom. The molecular weight excluding hydrogens is 471 g/mol. The summed E-state index contributed by atoms with van der Waals surface area (Å²) < 4.78 is 5.64. The lowest BCUT2D eigenvalue weighted by atomic mass is 9.95. The highest BCUT2D eigenvalue weighted by atomic mass is 35.5. The molecule has 8 heteroatoms. The molecule has 1 saturated carbocycles. The van der Waals surface area contributed by atoms with Crippen LogP contribution in [0, 0.1) is 0 Å². The maximum atomic E-state index is 13.1. The Labute approximate surface area is 204 Å². The van der Waals surface area contributed by atoms with E-state index in [0.29, 0.717) is 20.8 Å². The Balaban J connectivity index is 1.71. The molecule has 3 rings (SSSR count). The molecule has 1 N–H and O–H groups in total. The van der Waals surface area contributed by atoms with Gasteiger partial charge in [0.25, 0.3) is 5.91 Å². The average Bonchev–Trinajstić information content (AvgIpc) is 2.78. The predicted octanol–water partition coefficient (Wildman–Crippen LogP) is 5.89. The van der Waals surface area contributed by atoms with Gasteiger partial charge in [-0.15, -0.1) is 0 Å². The van der Waals surface area contributed by atoms with E-state index in [9.17, 15) is 9.59 Å². The van der Waals surface area contributed by atoms with Gasteiger partial charge in [-0.2, -0.15) is 0 Å². The summed E-state index contributed by atoms with van der Waals surface area (Å²) in [6, 6.07) is 11.5. The number of benzene rings is 2. The number of rotatable bonds is 8. The smallest absolute Gasteiger partial charge is 0.261 e. The van der Waals surface area contributed by atoms with E-state index < -0.39 is 6.04 Å². The third kappa shape index (κ3) is 7.03. The quantitative estimate of drug-likeness (QED) is 0.494. The molecule has 1 unspecified atom stereocenters. The third-order valence-corrected chi connectivity index (χ3v) is 6.41. The molecule has 2 amide bonds. The Morgan fingerprint density at radius 1 is 1.03 bits per heavy atom. The van der Waals surface area contributed by atoms with E-state index in [1.54, 1.807) is 37.3 Å². The van der Waals surface area contributed by atoms with Crippen molar-refractivity contribution in [1.29, 1.82) is 0 Å². The summed E-state index contributed by atoms with van der Waals surface area (Å²) in [5, 5.41) is 4.51. The molecule has 0 aliphatic heterocycles. The van der Waals surface area contributed by atoms with Gasteiger partial charge in [0.1, 0.15) is 11.8 Å². The van der Waals surface area contributed by atoms with E-state index in [-0.39, 0.29) is 31.0 Å². The third-order valence-electron chi connectivity index (χ3n) is 5.63. The molecule has 1 aliphatic rings. The number of hydrogen-bond donors (Lipinski definition) is 1. The lowest BCUT2D eigenvalue weighted by Crippen LogP contribution is -2.51. The van der Waals surface area contributed by atoms with Crippen LogP contribution in [-0.2, 0) is 16.1 Å².